The van der Waals surface area contributed by atoms with Gasteiger partial charge in [-0.05, 0) is 48.6 Å². The quantitative estimate of drug-likeness (QED) is 0.796. The number of hydrogen-bond donors (Lipinski definition) is 1. The van der Waals surface area contributed by atoms with E-state index in [1.807, 2.05) is 23.5 Å². The first kappa shape index (κ1) is 12.1. The zero-order valence-electron chi connectivity index (χ0n) is 10.2. The fourth-order valence-corrected chi connectivity index (χ4v) is 3.92. The van der Waals surface area contributed by atoms with Gasteiger partial charge in [-0.2, -0.15) is 0 Å². The molecule has 0 spiro atoms. The third-order valence-corrected chi connectivity index (χ3v) is 5.07. The Bertz CT molecular complexity index is 579. The highest BCUT2D eigenvalue weighted by Crippen LogP contribution is 2.38. The van der Waals surface area contributed by atoms with Gasteiger partial charge in [0.05, 0.1) is 17.4 Å². The molecule has 3 rings (SSSR count). The maximum Gasteiger partial charge on any atom is 0.0616 e. The number of benzene rings is 1. The molecule has 0 radical (unpaired) electrons. The van der Waals surface area contributed by atoms with Crippen LogP contribution in [0.5, 0.6) is 0 Å². The fraction of sp³-hybridized carbons (Fsp3) is 0.286. The summed E-state index contributed by atoms with van der Waals surface area (Å²) in [6.45, 7) is 3.29. The van der Waals surface area contributed by atoms with Crippen LogP contribution in [0.4, 0.5) is 11.4 Å². The molecule has 2 nitrogen and oxygen atoms in total. The van der Waals surface area contributed by atoms with Crippen molar-refractivity contribution in [3.05, 3.63) is 44.6 Å². The second-order valence-electron chi connectivity index (χ2n) is 4.62. The molecule has 4 heteroatoms. The number of rotatable bonds is 1. The van der Waals surface area contributed by atoms with Gasteiger partial charge in [0, 0.05) is 15.9 Å². The molecular formula is C14H15BrN2S. The van der Waals surface area contributed by atoms with Crippen LogP contribution < -0.4 is 10.6 Å². The zero-order valence-corrected chi connectivity index (χ0v) is 12.6. The van der Waals surface area contributed by atoms with Crippen LogP contribution in [0.1, 0.15) is 23.4 Å². The summed E-state index contributed by atoms with van der Waals surface area (Å²) >= 11 is 5.39. The lowest BCUT2D eigenvalue weighted by Crippen LogP contribution is -2.33. The van der Waals surface area contributed by atoms with E-state index in [0.717, 1.165) is 28.8 Å². The first-order valence-corrected chi connectivity index (χ1v) is 7.72. The summed E-state index contributed by atoms with van der Waals surface area (Å²) in [6.07, 6.45) is 1.11. The second kappa shape index (κ2) is 4.59. The van der Waals surface area contributed by atoms with Gasteiger partial charge in [-0.25, -0.2) is 0 Å². The van der Waals surface area contributed by atoms with Gasteiger partial charge >= 0.3 is 0 Å². The molecule has 2 heterocycles. The van der Waals surface area contributed by atoms with Gasteiger partial charge in [0.1, 0.15) is 0 Å². The van der Waals surface area contributed by atoms with Gasteiger partial charge in [0.15, 0.2) is 0 Å². The average molecular weight is 323 g/mol. The van der Waals surface area contributed by atoms with E-state index < -0.39 is 0 Å². The predicted octanol–water partition coefficient (Wildman–Crippen LogP) is 4.22. The van der Waals surface area contributed by atoms with Gasteiger partial charge in [-0.15, -0.1) is 11.3 Å². The van der Waals surface area contributed by atoms with E-state index in [1.54, 1.807) is 0 Å². The fourth-order valence-electron chi connectivity index (χ4n) is 2.60. The topological polar surface area (TPSA) is 29.3 Å². The smallest absolute Gasteiger partial charge is 0.0616 e. The van der Waals surface area contributed by atoms with Crippen molar-refractivity contribution in [1.29, 1.82) is 0 Å². The van der Waals surface area contributed by atoms with Crippen LogP contribution in [-0.4, -0.2) is 6.54 Å². The van der Waals surface area contributed by atoms with E-state index in [0.29, 0.717) is 6.04 Å². The molecular weight excluding hydrogens is 308 g/mol. The second-order valence-corrected chi connectivity index (χ2v) is 6.54. The van der Waals surface area contributed by atoms with Gasteiger partial charge < -0.3 is 10.6 Å². The molecule has 1 aromatic carbocycles. The zero-order chi connectivity index (χ0) is 12.7. The van der Waals surface area contributed by atoms with Crippen LogP contribution in [0.3, 0.4) is 0 Å². The minimum absolute atomic E-state index is 0.400. The average Bonchev–Trinajstić information content (AvgIpc) is 2.82. The third-order valence-electron chi connectivity index (χ3n) is 3.58. The summed E-state index contributed by atoms with van der Waals surface area (Å²) in [5.74, 6) is 0. The Morgan fingerprint density at radius 1 is 1.39 bits per heavy atom. The summed E-state index contributed by atoms with van der Waals surface area (Å²) in [5.41, 5.74) is 9.55. The predicted molar refractivity (Wildman–Crippen MR) is 82.3 cm³/mol. The molecule has 0 aliphatic carbocycles. The third kappa shape index (κ3) is 1.93. The number of nitrogens with zero attached hydrogens (tertiary/aromatic N) is 1. The summed E-state index contributed by atoms with van der Waals surface area (Å²) in [4.78, 5) is 3.92. The Morgan fingerprint density at radius 3 is 3.06 bits per heavy atom. The van der Waals surface area contributed by atoms with Crippen LogP contribution in [0.15, 0.2) is 34.1 Å². The number of nitrogen functional groups attached to an aromatic ring is 1. The van der Waals surface area contributed by atoms with E-state index in [4.69, 9.17) is 5.73 Å². The van der Waals surface area contributed by atoms with E-state index in [-0.39, 0.29) is 0 Å². The first-order valence-electron chi connectivity index (χ1n) is 6.05. The number of nitrogens with two attached hydrogens (primary N) is 1. The molecule has 1 atom stereocenters. The molecule has 1 unspecified atom stereocenters. The molecule has 0 fully saturated rings. The molecule has 0 amide bonds. The lowest BCUT2D eigenvalue weighted by atomic mass is 10.0. The van der Waals surface area contributed by atoms with Crippen molar-refractivity contribution in [3.8, 4) is 0 Å². The molecule has 2 N–H and O–H groups in total. The number of hydrogen-bond acceptors (Lipinski definition) is 3. The summed E-state index contributed by atoms with van der Waals surface area (Å²) < 4.78 is 1.08. The highest BCUT2D eigenvalue weighted by Gasteiger charge is 2.25. The van der Waals surface area contributed by atoms with Gasteiger partial charge in [-0.1, -0.05) is 15.9 Å². The monoisotopic (exact) mass is 322 g/mol. The van der Waals surface area contributed by atoms with Crippen LogP contribution in [0.25, 0.3) is 0 Å². The molecule has 0 saturated heterocycles. The Kier molecular flexibility index (Phi) is 3.08. The van der Waals surface area contributed by atoms with E-state index in [9.17, 15) is 0 Å². The maximum absolute atomic E-state index is 6.12. The van der Waals surface area contributed by atoms with Gasteiger partial charge in [0.25, 0.3) is 0 Å². The molecule has 1 aliphatic rings. The minimum Gasteiger partial charge on any atom is -0.397 e. The minimum atomic E-state index is 0.400. The van der Waals surface area contributed by atoms with Crippen molar-refractivity contribution in [1.82, 2.24) is 0 Å². The van der Waals surface area contributed by atoms with E-state index in [2.05, 4.69) is 45.3 Å². The Balaban J connectivity index is 2.01. The summed E-state index contributed by atoms with van der Waals surface area (Å²) in [6, 6.07) is 8.71. The maximum atomic E-state index is 6.12. The van der Waals surface area contributed by atoms with Crippen molar-refractivity contribution >= 4 is 38.6 Å². The molecule has 0 saturated carbocycles. The Labute approximate surface area is 120 Å². The van der Waals surface area contributed by atoms with Crippen molar-refractivity contribution < 1.29 is 0 Å². The normalized spacial score (nSPS) is 18.8. The van der Waals surface area contributed by atoms with E-state index >= 15 is 0 Å². The van der Waals surface area contributed by atoms with Crippen molar-refractivity contribution in [2.24, 2.45) is 0 Å². The SMILES string of the molecule is CC1c2ccsc2CCN1c1cc(Br)ccc1N. The van der Waals surface area contributed by atoms with Crippen molar-refractivity contribution in [3.63, 3.8) is 0 Å². The lowest BCUT2D eigenvalue weighted by Gasteiger charge is -2.36. The molecule has 0 bridgehead atoms. The molecule has 94 valence electrons. The van der Waals surface area contributed by atoms with Crippen molar-refractivity contribution in [2.75, 3.05) is 17.2 Å². The van der Waals surface area contributed by atoms with Crippen LogP contribution >= 0.6 is 27.3 Å². The lowest BCUT2D eigenvalue weighted by molar-refractivity contribution is 0.633. The highest BCUT2D eigenvalue weighted by atomic mass is 79.9. The van der Waals surface area contributed by atoms with E-state index in [1.165, 1.54) is 10.4 Å². The molecule has 1 aliphatic heterocycles. The molecule has 2 aromatic rings. The standard InChI is InChI=1S/C14H15BrN2S/c1-9-11-5-7-18-14(11)4-6-17(9)13-8-10(15)2-3-12(13)16/h2-3,5,7-9H,4,6,16H2,1H3. The number of fused-ring (bicyclic) bond motifs is 1. The molecule has 18 heavy (non-hydrogen) atoms. The van der Waals surface area contributed by atoms with Crippen LogP contribution in [0, 0.1) is 0 Å². The van der Waals surface area contributed by atoms with Gasteiger partial charge in [0.2, 0.25) is 0 Å². The first-order chi connectivity index (χ1) is 8.66. The summed E-state index contributed by atoms with van der Waals surface area (Å²) in [7, 11) is 0. The Hall–Kier alpha value is -1.00. The van der Waals surface area contributed by atoms with Crippen molar-refractivity contribution in [2.45, 2.75) is 19.4 Å². The molecule has 1 aromatic heterocycles. The largest absolute Gasteiger partial charge is 0.397 e. The highest BCUT2D eigenvalue weighted by molar-refractivity contribution is 9.10. The summed E-state index contributed by atoms with van der Waals surface area (Å²) in [5, 5.41) is 2.19. The van der Waals surface area contributed by atoms with Crippen LogP contribution in [0.2, 0.25) is 0 Å². The number of anilines is 2. The Morgan fingerprint density at radius 2 is 2.22 bits per heavy atom. The number of thiophene rings is 1. The number of halogens is 1. The van der Waals surface area contributed by atoms with Crippen LogP contribution in [-0.2, 0) is 6.42 Å². The van der Waals surface area contributed by atoms with Gasteiger partial charge in [-0.3, -0.25) is 0 Å².